The van der Waals surface area contributed by atoms with Crippen LogP contribution in [-0.2, 0) is 9.59 Å². The van der Waals surface area contributed by atoms with Gasteiger partial charge in [-0.1, -0.05) is 48.9 Å². The SMILES string of the molecule is COc1ccc(C=C(C(=O)NCCCCCC(=O)NO)c2ccccc2)cc1. The van der Waals surface area contributed by atoms with Gasteiger partial charge in [0.15, 0.2) is 0 Å². The van der Waals surface area contributed by atoms with Gasteiger partial charge in [-0.3, -0.25) is 14.8 Å². The Kier molecular flexibility index (Phi) is 8.75. The third-order valence-electron chi connectivity index (χ3n) is 4.25. The number of carbonyl (C=O) groups is 2. The highest BCUT2D eigenvalue weighted by Gasteiger charge is 2.11. The molecule has 0 aliphatic rings. The molecule has 0 spiro atoms. The lowest BCUT2D eigenvalue weighted by atomic mass is 10.0. The van der Waals surface area contributed by atoms with E-state index in [2.05, 4.69) is 5.32 Å². The fraction of sp³-hybridized carbons (Fsp3) is 0.273. The van der Waals surface area contributed by atoms with Gasteiger partial charge < -0.3 is 10.1 Å². The van der Waals surface area contributed by atoms with Crippen molar-refractivity contribution in [2.45, 2.75) is 25.7 Å². The highest BCUT2D eigenvalue weighted by atomic mass is 16.5. The molecular weight excluding hydrogens is 356 g/mol. The normalized spacial score (nSPS) is 11.0. The van der Waals surface area contributed by atoms with E-state index in [0.29, 0.717) is 18.5 Å². The molecule has 0 saturated heterocycles. The number of ether oxygens (including phenoxy) is 1. The van der Waals surface area contributed by atoms with Crippen LogP contribution in [0.1, 0.15) is 36.8 Å². The summed E-state index contributed by atoms with van der Waals surface area (Å²) in [6.07, 6.45) is 4.34. The Morgan fingerprint density at radius 2 is 1.71 bits per heavy atom. The van der Waals surface area contributed by atoms with Crippen molar-refractivity contribution in [1.29, 1.82) is 0 Å². The summed E-state index contributed by atoms with van der Waals surface area (Å²) in [4.78, 5) is 23.7. The molecule has 6 heteroatoms. The lowest BCUT2D eigenvalue weighted by molar-refractivity contribution is -0.129. The van der Waals surface area contributed by atoms with Crippen molar-refractivity contribution < 1.29 is 19.5 Å². The Morgan fingerprint density at radius 3 is 2.36 bits per heavy atom. The Bertz CT molecular complexity index is 786. The Balaban J connectivity index is 2.00. The zero-order valence-electron chi connectivity index (χ0n) is 16.0. The van der Waals surface area contributed by atoms with E-state index in [4.69, 9.17) is 9.94 Å². The first-order valence-electron chi connectivity index (χ1n) is 9.26. The molecule has 0 fully saturated rings. The summed E-state index contributed by atoms with van der Waals surface area (Å²) in [6.45, 7) is 0.520. The van der Waals surface area contributed by atoms with Gasteiger partial charge in [0, 0.05) is 18.5 Å². The fourth-order valence-corrected chi connectivity index (χ4v) is 2.70. The summed E-state index contributed by atoms with van der Waals surface area (Å²) in [5.74, 6) is 0.227. The largest absolute Gasteiger partial charge is 0.497 e. The molecule has 0 radical (unpaired) electrons. The van der Waals surface area contributed by atoms with Crippen LogP contribution in [0.15, 0.2) is 54.6 Å². The standard InChI is InChI=1S/C22H26N2O4/c1-28-19-13-11-17(12-14-19)16-20(18-8-4-2-5-9-18)22(26)23-15-7-3-6-10-21(25)24-27/h2,4-5,8-9,11-14,16,27H,3,6-7,10,15H2,1H3,(H,23,26)(H,24,25). The molecule has 0 aliphatic heterocycles. The Morgan fingerprint density at radius 1 is 1.00 bits per heavy atom. The highest BCUT2D eigenvalue weighted by Crippen LogP contribution is 2.20. The summed E-state index contributed by atoms with van der Waals surface area (Å²) in [6, 6.07) is 17.0. The van der Waals surface area contributed by atoms with E-state index in [0.717, 1.165) is 29.7 Å². The first kappa shape index (κ1) is 21.2. The molecule has 0 atom stereocenters. The molecule has 0 unspecified atom stereocenters. The van der Waals surface area contributed by atoms with Gasteiger partial charge in [-0.25, -0.2) is 5.48 Å². The summed E-state index contributed by atoms with van der Waals surface area (Å²) in [5.41, 5.74) is 3.95. The predicted octanol–water partition coefficient (Wildman–Crippen LogP) is 3.42. The maximum atomic E-state index is 12.8. The molecule has 0 aliphatic carbocycles. The summed E-state index contributed by atoms with van der Waals surface area (Å²) < 4.78 is 5.17. The number of benzene rings is 2. The van der Waals surface area contributed by atoms with Gasteiger partial charge >= 0.3 is 0 Å². The second kappa shape index (κ2) is 11.6. The number of methoxy groups -OCH3 is 1. The topological polar surface area (TPSA) is 87.7 Å². The van der Waals surface area contributed by atoms with Crippen molar-refractivity contribution in [3.8, 4) is 5.75 Å². The van der Waals surface area contributed by atoms with E-state index in [1.165, 1.54) is 0 Å². The molecule has 0 aromatic heterocycles. The minimum atomic E-state index is -0.391. The lowest BCUT2D eigenvalue weighted by Gasteiger charge is -2.10. The van der Waals surface area contributed by atoms with Gasteiger partial charge in [0.05, 0.1) is 7.11 Å². The van der Waals surface area contributed by atoms with Crippen molar-refractivity contribution in [1.82, 2.24) is 10.8 Å². The first-order chi connectivity index (χ1) is 13.6. The summed E-state index contributed by atoms with van der Waals surface area (Å²) in [7, 11) is 1.61. The van der Waals surface area contributed by atoms with Crippen LogP contribution in [0.2, 0.25) is 0 Å². The monoisotopic (exact) mass is 382 g/mol. The maximum Gasteiger partial charge on any atom is 0.251 e. The van der Waals surface area contributed by atoms with Gasteiger partial charge in [-0.15, -0.1) is 0 Å². The third-order valence-corrected chi connectivity index (χ3v) is 4.25. The molecule has 28 heavy (non-hydrogen) atoms. The van der Waals surface area contributed by atoms with Crippen molar-refractivity contribution in [2.24, 2.45) is 0 Å². The zero-order chi connectivity index (χ0) is 20.2. The number of nitrogens with one attached hydrogen (secondary N) is 2. The van der Waals surface area contributed by atoms with Crippen molar-refractivity contribution in [3.63, 3.8) is 0 Å². The number of unbranched alkanes of at least 4 members (excludes halogenated alkanes) is 2. The summed E-state index contributed by atoms with van der Waals surface area (Å²) >= 11 is 0. The average Bonchev–Trinajstić information content (AvgIpc) is 2.75. The van der Waals surface area contributed by atoms with Gasteiger partial charge in [0.1, 0.15) is 5.75 Å². The van der Waals surface area contributed by atoms with Crippen molar-refractivity contribution in [2.75, 3.05) is 13.7 Å². The lowest BCUT2D eigenvalue weighted by Crippen LogP contribution is -2.25. The third kappa shape index (κ3) is 6.89. The minimum absolute atomic E-state index is 0.143. The molecule has 0 heterocycles. The van der Waals surface area contributed by atoms with Gasteiger partial charge in [0.25, 0.3) is 5.91 Å². The van der Waals surface area contributed by atoms with Gasteiger partial charge in [-0.05, 0) is 42.2 Å². The molecule has 3 N–H and O–H groups in total. The van der Waals surface area contributed by atoms with Crippen LogP contribution in [-0.4, -0.2) is 30.7 Å². The number of hydrogen-bond donors (Lipinski definition) is 3. The predicted molar refractivity (Wildman–Crippen MR) is 109 cm³/mol. The molecule has 6 nitrogen and oxygen atoms in total. The molecule has 2 aromatic carbocycles. The fourth-order valence-electron chi connectivity index (χ4n) is 2.70. The van der Waals surface area contributed by atoms with E-state index in [9.17, 15) is 9.59 Å². The number of carbonyl (C=O) groups excluding carboxylic acids is 2. The van der Waals surface area contributed by atoms with Crippen LogP contribution in [0, 0.1) is 0 Å². The number of rotatable bonds is 10. The van der Waals surface area contributed by atoms with Crippen molar-refractivity contribution >= 4 is 23.5 Å². The van der Waals surface area contributed by atoms with Crippen LogP contribution in [0.5, 0.6) is 5.75 Å². The number of hydrogen-bond acceptors (Lipinski definition) is 4. The second-order valence-corrected chi connectivity index (χ2v) is 6.30. The quantitative estimate of drug-likeness (QED) is 0.193. The molecule has 2 rings (SSSR count). The van der Waals surface area contributed by atoms with E-state index in [1.54, 1.807) is 12.6 Å². The maximum absolute atomic E-state index is 12.8. The van der Waals surface area contributed by atoms with Gasteiger partial charge in [0.2, 0.25) is 5.91 Å². The van der Waals surface area contributed by atoms with Crippen LogP contribution < -0.4 is 15.5 Å². The molecule has 0 saturated carbocycles. The van der Waals surface area contributed by atoms with Crippen LogP contribution in [0.3, 0.4) is 0 Å². The Hall–Kier alpha value is -3.12. The van der Waals surface area contributed by atoms with Crippen LogP contribution >= 0.6 is 0 Å². The molecule has 0 bridgehead atoms. The Labute approximate surface area is 165 Å². The summed E-state index contributed by atoms with van der Waals surface area (Å²) in [5, 5.41) is 11.4. The molecule has 2 amide bonds. The first-order valence-corrected chi connectivity index (χ1v) is 9.26. The van der Waals surface area contributed by atoms with E-state index in [1.807, 2.05) is 60.7 Å². The van der Waals surface area contributed by atoms with E-state index >= 15 is 0 Å². The molecular formula is C22H26N2O4. The smallest absolute Gasteiger partial charge is 0.251 e. The van der Waals surface area contributed by atoms with Crippen molar-refractivity contribution in [3.05, 3.63) is 65.7 Å². The zero-order valence-corrected chi connectivity index (χ0v) is 16.0. The second-order valence-electron chi connectivity index (χ2n) is 6.30. The van der Waals surface area contributed by atoms with Crippen LogP contribution in [0.4, 0.5) is 0 Å². The molecule has 148 valence electrons. The average molecular weight is 382 g/mol. The molecule has 2 aromatic rings. The van der Waals surface area contributed by atoms with E-state index < -0.39 is 5.91 Å². The minimum Gasteiger partial charge on any atom is -0.497 e. The van der Waals surface area contributed by atoms with Gasteiger partial charge in [-0.2, -0.15) is 0 Å². The number of amides is 2. The van der Waals surface area contributed by atoms with Crippen LogP contribution in [0.25, 0.3) is 11.6 Å². The van der Waals surface area contributed by atoms with E-state index in [-0.39, 0.29) is 12.3 Å². The highest BCUT2D eigenvalue weighted by molar-refractivity contribution is 6.24. The number of hydroxylamine groups is 1.